The summed E-state index contributed by atoms with van der Waals surface area (Å²) in [6, 6.07) is 3.45. The number of rotatable bonds is 8. The molecule has 1 rings (SSSR count). The Labute approximate surface area is 111 Å². The van der Waals surface area contributed by atoms with Gasteiger partial charge in [0.15, 0.2) is 0 Å². The van der Waals surface area contributed by atoms with Gasteiger partial charge in [-0.2, -0.15) is 0 Å². The summed E-state index contributed by atoms with van der Waals surface area (Å²) >= 11 is 0. The van der Waals surface area contributed by atoms with E-state index in [4.69, 9.17) is 4.74 Å². The Balaban J connectivity index is 2.40. The van der Waals surface area contributed by atoms with Crippen LogP contribution in [0.5, 0.6) is 0 Å². The van der Waals surface area contributed by atoms with E-state index in [1.165, 1.54) is 12.1 Å². The maximum atomic E-state index is 13.1. The summed E-state index contributed by atoms with van der Waals surface area (Å²) in [5.74, 6) is 0.00256. The molecule has 0 fully saturated rings. The highest BCUT2D eigenvalue weighted by Crippen LogP contribution is 2.19. The second-order valence-electron chi connectivity index (χ2n) is 4.68. The molecule has 0 unspecified atom stereocenters. The van der Waals surface area contributed by atoms with Gasteiger partial charge in [-0.1, -0.05) is 13.8 Å². The van der Waals surface area contributed by atoms with Gasteiger partial charge in [-0.25, -0.2) is 4.39 Å². The molecule has 19 heavy (non-hydrogen) atoms. The molecule has 0 aliphatic heterocycles. The van der Waals surface area contributed by atoms with Crippen LogP contribution in [0.3, 0.4) is 0 Å². The number of hydrogen-bond donors (Lipinski definition) is 1. The van der Waals surface area contributed by atoms with Crippen LogP contribution in [-0.4, -0.2) is 24.7 Å². The van der Waals surface area contributed by atoms with Gasteiger partial charge in [0.25, 0.3) is 5.69 Å². The van der Waals surface area contributed by atoms with E-state index in [1.54, 1.807) is 0 Å². The van der Waals surface area contributed by atoms with Gasteiger partial charge in [-0.05, 0) is 18.1 Å². The molecule has 0 aromatic heterocycles. The topological polar surface area (TPSA) is 64.4 Å². The molecule has 1 aromatic rings. The Morgan fingerprint density at radius 2 is 2.21 bits per heavy atom. The third kappa shape index (κ3) is 5.76. The van der Waals surface area contributed by atoms with Crippen LogP contribution in [0, 0.1) is 21.8 Å². The molecule has 0 bridgehead atoms. The van der Waals surface area contributed by atoms with Gasteiger partial charge >= 0.3 is 0 Å². The molecule has 0 saturated carbocycles. The van der Waals surface area contributed by atoms with E-state index < -0.39 is 10.7 Å². The first-order valence-corrected chi connectivity index (χ1v) is 6.22. The minimum atomic E-state index is -0.508. The molecule has 1 aromatic carbocycles. The zero-order valence-corrected chi connectivity index (χ0v) is 11.2. The van der Waals surface area contributed by atoms with Crippen molar-refractivity contribution in [3.8, 4) is 0 Å². The first-order valence-electron chi connectivity index (χ1n) is 6.22. The van der Waals surface area contributed by atoms with Crippen molar-refractivity contribution in [2.24, 2.45) is 5.92 Å². The number of halogens is 1. The number of benzene rings is 1. The van der Waals surface area contributed by atoms with Gasteiger partial charge in [0.05, 0.1) is 11.5 Å². The van der Waals surface area contributed by atoms with E-state index in [-0.39, 0.29) is 12.2 Å². The highest BCUT2D eigenvalue weighted by molar-refractivity contribution is 5.40. The van der Waals surface area contributed by atoms with E-state index in [2.05, 4.69) is 19.2 Å². The summed E-state index contributed by atoms with van der Waals surface area (Å²) in [5.41, 5.74) is 0.269. The normalized spacial score (nSPS) is 10.9. The smallest absolute Gasteiger partial charge is 0.274 e. The first kappa shape index (κ1) is 15.5. The fraction of sp³-hybridized carbons (Fsp3) is 0.538. The van der Waals surface area contributed by atoms with Gasteiger partial charge in [-0.15, -0.1) is 0 Å². The lowest BCUT2D eigenvalue weighted by molar-refractivity contribution is -0.385. The van der Waals surface area contributed by atoms with E-state index in [0.29, 0.717) is 31.2 Å². The van der Waals surface area contributed by atoms with E-state index in [0.717, 1.165) is 6.07 Å². The number of ether oxygens (including phenoxy) is 1. The molecule has 0 aliphatic carbocycles. The van der Waals surface area contributed by atoms with Crippen molar-refractivity contribution < 1.29 is 14.1 Å². The lowest BCUT2D eigenvalue weighted by atomic mass is 10.1. The SMILES string of the molecule is CC(C)COCCNCc1cc(F)ccc1[N+](=O)[O-]. The molecule has 0 heterocycles. The Morgan fingerprint density at radius 3 is 2.84 bits per heavy atom. The largest absolute Gasteiger partial charge is 0.380 e. The number of nitro groups is 1. The van der Waals surface area contributed by atoms with Crippen LogP contribution in [-0.2, 0) is 11.3 Å². The maximum Gasteiger partial charge on any atom is 0.274 e. The first-order chi connectivity index (χ1) is 9.00. The van der Waals surface area contributed by atoms with Crippen molar-refractivity contribution in [1.82, 2.24) is 5.32 Å². The van der Waals surface area contributed by atoms with Crippen molar-refractivity contribution in [2.45, 2.75) is 20.4 Å². The molecule has 106 valence electrons. The van der Waals surface area contributed by atoms with Crippen LogP contribution in [0.15, 0.2) is 18.2 Å². The number of nitrogens with zero attached hydrogens (tertiary/aromatic N) is 1. The van der Waals surface area contributed by atoms with Gasteiger partial charge in [0.2, 0.25) is 0 Å². The van der Waals surface area contributed by atoms with Crippen LogP contribution >= 0.6 is 0 Å². The van der Waals surface area contributed by atoms with E-state index in [9.17, 15) is 14.5 Å². The third-order valence-electron chi connectivity index (χ3n) is 2.43. The molecular formula is C13H19FN2O3. The Kier molecular flexibility index (Phi) is 6.38. The van der Waals surface area contributed by atoms with Crippen molar-refractivity contribution in [3.63, 3.8) is 0 Å². The zero-order chi connectivity index (χ0) is 14.3. The molecule has 0 spiro atoms. The van der Waals surface area contributed by atoms with Crippen LogP contribution in [0.1, 0.15) is 19.4 Å². The summed E-state index contributed by atoms with van der Waals surface area (Å²) in [4.78, 5) is 10.3. The Bertz CT molecular complexity index is 424. The standard InChI is InChI=1S/C13H19FN2O3/c1-10(2)9-19-6-5-15-8-11-7-12(14)3-4-13(11)16(17)18/h3-4,7,10,15H,5-6,8-9H2,1-2H3. The van der Waals surface area contributed by atoms with Crippen LogP contribution in [0.25, 0.3) is 0 Å². The molecule has 0 aliphatic rings. The number of nitrogens with one attached hydrogen (secondary N) is 1. The predicted molar refractivity (Wildman–Crippen MR) is 70.4 cm³/mol. The summed E-state index contributed by atoms with van der Waals surface area (Å²) in [7, 11) is 0. The van der Waals surface area contributed by atoms with Crippen LogP contribution < -0.4 is 5.32 Å². The van der Waals surface area contributed by atoms with Crippen LogP contribution in [0.4, 0.5) is 10.1 Å². The molecule has 0 atom stereocenters. The maximum absolute atomic E-state index is 13.1. The minimum Gasteiger partial charge on any atom is -0.380 e. The quantitative estimate of drug-likeness (QED) is 0.448. The second kappa shape index (κ2) is 7.81. The molecule has 0 amide bonds. The third-order valence-corrected chi connectivity index (χ3v) is 2.43. The average Bonchev–Trinajstić information content (AvgIpc) is 2.33. The number of nitro benzene ring substituents is 1. The van der Waals surface area contributed by atoms with Crippen molar-refractivity contribution in [3.05, 3.63) is 39.7 Å². The van der Waals surface area contributed by atoms with Crippen molar-refractivity contribution in [1.29, 1.82) is 0 Å². The summed E-state index contributed by atoms with van der Waals surface area (Å²) < 4.78 is 18.4. The zero-order valence-electron chi connectivity index (χ0n) is 11.2. The number of hydrogen-bond acceptors (Lipinski definition) is 4. The molecule has 0 saturated heterocycles. The molecule has 5 nitrogen and oxygen atoms in total. The monoisotopic (exact) mass is 270 g/mol. The minimum absolute atomic E-state index is 0.0722. The molecular weight excluding hydrogens is 251 g/mol. The van der Waals surface area contributed by atoms with Gasteiger partial charge in [-0.3, -0.25) is 10.1 Å². The van der Waals surface area contributed by atoms with Crippen molar-refractivity contribution in [2.75, 3.05) is 19.8 Å². The Hall–Kier alpha value is -1.53. The van der Waals surface area contributed by atoms with Gasteiger partial charge in [0, 0.05) is 31.3 Å². The lowest BCUT2D eigenvalue weighted by Gasteiger charge is -2.08. The summed E-state index contributed by atoms with van der Waals surface area (Å²) in [6.45, 7) is 6.15. The second-order valence-corrected chi connectivity index (χ2v) is 4.68. The average molecular weight is 270 g/mol. The molecule has 1 N–H and O–H groups in total. The molecule has 0 radical (unpaired) electrons. The van der Waals surface area contributed by atoms with E-state index in [1.807, 2.05) is 0 Å². The highest BCUT2D eigenvalue weighted by Gasteiger charge is 2.13. The fourth-order valence-corrected chi connectivity index (χ4v) is 1.56. The van der Waals surface area contributed by atoms with E-state index >= 15 is 0 Å². The predicted octanol–water partition coefficient (Wildman–Crippen LogP) is 2.50. The lowest BCUT2D eigenvalue weighted by Crippen LogP contribution is -2.20. The van der Waals surface area contributed by atoms with Gasteiger partial charge < -0.3 is 10.1 Å². The molecule has 6 heteroatoms. The Morgan fingerprint density at radius 1 is 1.47 bits per heavy atom. The van der Waals surface area contributed by atoms with Crippen LogP contribution in [0.2, 0.25) is 0 Å². The highest BCUT2D eigenvalue weighted by atomic mass is 19.1. The fourth-order valence-electron chi connectivity index (χ4n) is 1.56. The van der Waals surface area contributed by atoms with Gasteiger partial charge in [0.1, 0.15) is 5.82 Å². The summed E-state index contributed by atoms with van der Waals surface area (Å²) in [6.07, 6.45) is 0. The summed E-state index contributed by atoms with van der Waals surface area (Å²) in [5, 5.41) is 13.8. The van der Waals surface area contributed by atoms with Crippen molar-refractivity contribution >= 4 is 5.69 Å².